The molecule has 1 aromatic rings. The maximum absolute atomic E-state index is 14.7. The molecular weight excluding hydrogens is 323 g/mol. The number of pyridine rings is 1. The van der Waals surface area contributed by atoms with Gasteiger partial charge in [0.05, 0.1) is 11.2 Å². The highest BCUT2D eigenvalue weighted by Gasteiger charge is 2.24. The molecule has 1 aromatic heterocycles. The lowest BCUT2D eigenvalue weighted by molar-refractivity contribution is 0.0635. The van der Waals surface area contributed by atoms with Crippen LogP contribution in [0.2, 0.25) is 5.02 Å². The topological polar surface area (TPSA) is 57.7 Å². The minimum absolute atomic E-state index is 0.0336. The molecule has 8 heteroatoms. The van der Waals surface area contributed by atoms with Crippen LogP contribution in [0.4, 0.5) is 20.7 Å². The van der Waals surface area contributed by atoms with Crippen LogP contribution in [0.3, 0.4) is 0 Å². The van der Waals surface area contributed by atoms with E-state index in [1.807, 2.05) is 11.9 Å². The van der Waals surface area contributed by atoms with Crippen LogP contribution in [0.25, 0.3) is 0 Å². The van der Waals surface area contributed by atoms with Gasteiger partial charge in [-0.1, -0.05) is 11.6 Å². The van der Waals surface area contributed by atoms with Gasteiger partial charge in [0, 0.05) is 26.2 Å². The van der Waals surface area contributed by atoms with E-state index in [2.05, 4.69) is 15.2 Å². The Hall–Kier alpha value is -1.60. The van der Waals surface area contributed by atoms with E-state index in [1.165, 1.54) is 6.20 Å². The molecule has 0 bridgehead atoms. The number of piperazine rings is 1. The number of hydrogen-bond donors (Lipinski definition) is 1. The third-order valence-corrected chi connectivity index (χ3v) is 3.67. The number of rotatable bonds is 2. The van der Waals surface area contributed by atoms with E-state index < -0.39 is 17.5 Å². The van der Waals surface area contributed by atoms with E-state index in [0.717, 1.165) is 13.1 Å². The first kappa shape index (κ1) is 17.7. The van der Waals surface area contributed by atoms with Gasteiger partial charge in [-0.05, 0) is 27.8 Å². The number of aromatic nitrogens is 1. The second-order valence-corrected chi connectivity index (χ2v) is 6.94. The molecule has 0 saturated carbocycles. The van der Waals surface area contributed by atoms with Gasteiger partial charge in [-0.15, -0.1) is 0 Å². The first-order chi connectivity index (χ1) is 10.7. The van der Waals surface area contributed by atoms with Gasteiger partial charge in [0.15, 0.2) is 11.6 Å². The van der Waals surface area contributed by atoms with E-state index in [1.54, 1.807) is 20.8 Å². The maximum atomic E-state index is 14.7. The largest absolute Gasteiger partial charge is 0.444 e. The minimum Gasteiger partial charge on any atom is -0.444 e. The molecule has 0 atom stereocenters. The number of halogens is 2. The Balaban J connectivity index is 2.20. The van der Waals surface area contributed by atoms with Crippen molar-refractivity contribution in [2.24, 2.45) is 0 Å². The summed E-state index contributed by atoms with van der Waals surface area (Å²) in [5.74, 6) is -0.457. The van der Waals surface area contributed by atoms with Gasteiger partial charge in [0.1, 0.15) is 11.3 Å². The van der Waals surface area contributed by atoms with Gasteiger partial charge in [0.2, 0.25) is 0 Å². The lowest BCUT2D eigenvalue weighted by Gasteiger charge is -2.33. The van der Waals surface area contributed by atoms with Gasteiger partial charge in [-0.2, -0.15) is 0 Å². The Morgan fingerprint density at radius 1 is 1.35 bits per heavy atom. The fourth-order valence-corrected chi connectivity index (χ4v) is 2.39. The van der Waals surface area contributed by atoms with Crippen molar-refractivity contribution in [3.8, 4) is 0 Å². The smallest absolute Gasteiger partial charge is 0.412 e. The zero-order valence-corrected chi connectivity index (χ0v) is 14.6. The molecule has 1 aliphatic rings. The normalized spacial score (nSPS) is 16.3. The standard InChI is InChI=1S/C15H22ClFN4O2/c1-15(2,3)23-14(22)19-12-10(16)9-18-13(11(12)17)21-7-5-20(4)6-8-21/h9H,5-8H2,1-4H3,(H,18,19,22). The fraction of sp³-hybridized carbons (Fsp3) is 0.600. The first-order valence-electron chi connectivity index (χ1n) is 7.45. The molecule has 2 heterocycles. The average molecular weight is 345 g/mol. The lowest BCUT2D eigenvalue weighted by Crippen LogP contribution is -2.45. The monoisotopic (exact) mass is 344 g/mol. The number of amides is 1. The second kappa shape index (κ2) is 6.88. The molecule has 0 spiro atoms. The van der Waals surface area contributed by atoms with Crippen LogP contribution in [-0.4, -0.2) is 54.8 Å². The predicted molar refractivity (Wildman–Crippen MR) is 88.8 cm³/mol. The quantitative estimate of drug-likeness (QED) is 0.893. The molecule has 0 aromatic carbocycles. The van der Waals surface area contributed by atoms with Crippen LogP contribution < -0.4 is 10.2 Å². The molecule has 0 radical (unpaired) electrons. The molecule has 1 aliphatic heterocycles. The summed E-state index contributed by atoms with van der Waals surface area (Å²) in [4.78, 5) is 19.9. The fourth-order valence-electron chi connectivity index (χ4n) is 2.21. The van der Waals surface area contributed by atoms with Crippen molar-refractivity contribution < 1.29 is 13.9 Å². The Morgan fingerprint density at radius 3 is 2.52 bits per heavy atom. The van der Waals surface area contributed by atoms with E-state index in [4.69, 9.17) is 16.3 Å². The molecule has 6 nitrogen and oxygen atoms in total. The van der Waals surface area contributed by atoms with Gasteiger partial charge in [-0.25, -0.2) is 14.2 Å². The van der Waals surface area contributed by atoms with Crippen molar-refractivity contribution in [2.45, 2.75) is 26.4 Å². The van der Waals surface area contributed by atoms with Crippen molar-refractivity contribution in [1.29, 1.82) is 0 Å². The van der Waals surface area contributed by atoms with Crippen LogP contribution in [0, 0.1) is 5.82 Å². The lowest BCUT2D eigenvalue weighted by atomic mass is 10.2. The summed E-state index contributed by atoms with van der Waals surface area (Å²) in [5.41, 5.74) is -0.787. The first-order valence-corrected chi connectivity index (χ1v) is 7.82. The summed E-state index contributed by atoms with van der Waals surface area (Å²) in [6, 6.07) is 0. The van der Waals surface area contributed by atoms with Crippen molar-refractivity contribution in [3.63, 3.8) is 0 Å². The van der Waals surface area contributed by atoms with Crippen molar-refractivity contribution in [3.05, 3.63) is 17.0 Å². The van der Waals surface area contributed by atoms with Crippen LogP contribution in [0.1, 0.15) is 20.8 Å². The Kier molecular flexibility index (Phi) is 5.31. The van der Waals surface area contributed by atoms with E-state index in [0.29, 0.717) is 13.1 Å². The highest BCUT2D eigenvalue weighted by Crippen LogP contribution is 2.31. The molecule has 0 aliphatic carbocycles. The summed E-state index contributed by atoms with van der Waals surface area (Å²) in [6.07, 6.45) is 0.583. The summed E-state index contributed by atoms with van der Waals surface area (Å²) in [7, 11) is 2.01. The van der Waals surface area contributed by atoms with Crippen molar-refractivity contribution >= 4 is 29.2 Å². The van der Waals surface area contributed by atoms with Gasteiger partial charge in [-0.3, -0.25) is 5.32 Å². The number of nitrogens with one attached hydrogen (secondary N) is 1. The van der Waals surface area contributed by atoms with E-state index in [9.17, 15) is 9.18 Å². The van der Waals surface area contributed by atoms with Gasteiger partial charge >= 0.3 is 6.09 Å². The molecule has 1 saturated heterocycles. The third-order valence-electron chi connectivity index (χ3n) is 3.38. The van der Waals surface area contributed by atoms with Gasteiger partial charge < -0.3 is 14.5 Å². The molecule has 0 unspecified atom stereocenters. The van der Waals surface area contributed by atoms with Crippen LogP contribution in [0.15, 0.2) is 6.20 Å². The van der Waals surface area contributed by atoms with Gasteiger partial charge in [0.25, 0.3) is 0 Å². The zero-order chi connectivity index (χ0) is 17.2. The molecule has 2 rings (SSSR count). The van der Waals surface area contributed by atoms with Crippen molar-refractivity contribution in [2.75, 3.05) is 43.4 Å². The van der Waals surface area contributed by atoms with E-state index >= 15 is 0 Å². The Morgan fingerprint density at radius 2 is 1.96 bits per heavy atom. The minimum atomic E-state index is -0.756. The summed E-state index contributed by atoms with van der Waals surface area (Å²) >= 11 is 5.98. The van der Waals surface area contributed by atoms with Crippen LogP contribution >= 0.6 is 11.6 Å². The number of ether oxygens (including phenoxy) is 1. The number of nitrogens with zero attached hydrogens (tertiary/aromatic N) is 3. The van der Waals surface area contributed by atoms with Crippen LogP contribution in [-0.2, 0) is 4.74 Å². The summed E-state index contributed by atoms with van der Waals surface area (Å²) in [6.45, 7) is 8.14. The molecule has 23 heavy (non-hydrogen) atoms. The molecule has 1 N–H and O–H groups in total. The van der Waals surface area contributed by atoms with Crippen molar-refractivity contribution in [1.82, 2.24) is 9.88 Å². The molecule has 128 valence electrons. The molecular formula is C15H22ClFN4O2. The van der Waals surface area contributed by atoms with E-state index in [-0.39, 0.29) is 16.5 Å². The highest BCUT2D eigenvalue weighted by atomic mass is 35.5. The predicted octanol–water partition coefficient (Wildman–Crippen LogP) is 2.97. The second-order valence-electron chi connectivity index (χ2n) is 6.54. The third kappa shape index (κ3) is 4.68. The summed E-state index contributed by atoms with van der Waals surface area (Å²) < 4.78 is 19.9. The molecule has 1 amide bonds. The zero-order valence-electron chi connectivity index (χ0n) is 13.8. The number of carbonyl (C=O) groups excluding carboxylic acids is 1. The number of likely N-dealkylation sites (N-methyl/N-ethyl adjacent to an activating group) is 1. The number of carbonyl (C=O) groups is 1. The number of anilines is 2. The SMILES string of the molecule is CN1CCN(c2ncc(Cl)c(NC(=O)OC(C)(C)C)c2F)CC1. The Labute approximate surface area is 140 Å². The van der Waals surface area contributed by atoms with Crippen LogP contribution in [0.5, 0.6) is 0 Å². The Bertz CT molecular complexity index is 584. The maximum Gasteiger partial charge on any atom is 0.412 e. The number of hydrogen-bond acceptors (Lipinski definition) is 5. The highest BCUT2D eigenvalue weighted by molar-refractivity contribution is 6.33. The summed E-state index contributed by atoms with van der Waals surface area (Å²) in [5, 5.41) is 2.41. The molecule has 1 fully saturated rings. The average Bonchev–Trinajstić information content (AvgIpc) is 2.43.